The van der Waals surface area contributed by atoms with E-state index in [2.05, 4.69) is 4.98 Å². The molecule has 0 amide bonds. The van der Waals surface area contributed by atoms with Gasteiger partial charge in [0.25, 0.3) is 0 Å². The number of rotatable bonds is 4. The fraction of sp³-hybridized carbons (Fsp3) is 0.375. The van der Waals surface area contributed by atoms with Crippen LogP contribution in [0.1, 0.15) is 35.1 Å². The van der Waals surface area contributed by atoms with Gasteiger partial charge < -0.3 is 14.1 Å². The van der Waals surface area contributed by atoms with E-state index in [-0.39, 0.29) is 18.5 Å². The largest absolute Gasteiger partial charge is 0.461 e. The Labute approximate surface area is 188 Å². The average Bonchev–Trinajstić information content (AvgIpc) is 2.78. The van der Waals surface area contributed by atoms with Crippen molar-refractivity contribution in [1.29, 1.82) is 0 Å². The molecule has 1 saturated heterocycles. The first-order chi connectivity index (χ1) is 15.6. The van der Waals surface area contributed by atoms with Gasteiger partial charge in [-0.1, -0.05) is 0 Å². The number of anilines is 1. The molecule has 0 N–H and O–H groups in total. The second-order valence-corrected chi connectivity index (χ2v) is 8.30. The van der Waals surface area contributed by atoms with Gasteiger partial charge in [-0.05, 0) is 62.1 Å². The molecule has 0 radical (unpaired) electrons. The number of carbonyl (C=O) groups is 1. The van der Waals surface area contributed by atoms with Crippen LogP contribution >= 0.6 is 0 Å². The minimum absolute atomic E-state index is 0.0376. The van der Waals surface area contributed by atoms with Crippen molar-refractivity contribution in [2.24, 2.45) is 5.92 Å². The van der Waals surface area contributed by atoms with E-state index in [0.717, 1.165) is 28.8 Å². The summed E-state index contributed by atoms with van der Waals surface area (Å²) in [6.45, 7) is 4.80. The Hall–Kier alpha value is -3.36. The molecule has 2 aromatic heterocycles. The zero-order chi connectivity index (χ0) is 23.8. The Bertz CT molecular complexity index is 1230. The maximum Gasteiger partial charge on any atom is 0.417 e. The number of benzene rings is 1. The van der Waals surface area contributed by atoms with Crippen LogP contribution in [0.3, 0.4) is 0 Å². The number of alkyl halides is 3. The van der Waals surface area contributed by atoms with E-state index >= 15 is 0 Å². The predicted octanol–water partition coefficient (Wildman–Crippen LogP) is 4.78. The number of nitrogens with zero attached hydrogens (tertiary/aromatic N) is 2. The molecule has 4 rings (SSSR count). The van der Waals surface area contributed by atoms with Gasteiger partial charge in [-0.2, -0.15) is 13.2 Å². The first-order valence-corrected chi connectivity index (χ1v) is 10.6. The fourth-order valence-electron chi connectivity index (χ4n) is 3.95. The lowest BCUT2D eigenvalue weighted by Gasteiger charge is -2.31. The van der Waals surface area contributed by atoms with Crippen molar-refractivity contribution in [3.05, 3.63) is 69.2 Å². The highest BCUT2D eigenvalue weighted by atomic mass is 19.4. The van der Waals surface area contributed by atoms with Gasteiger partial charge in [-0.3, -0.25) is 4.79 Å². The summed E-state index contributed by atoms with van der Waals surface area (Å²) in [6, 6.07) is 7.39. The molecule has 0 unspecified atom stereocenters. The molecule has 9 heteroatoms. The van der Waals surface area contributed by atoms with Gasteiger partial charge in [0.05, 0.1) is 11.5 Å². The van der Waals surface area contributed by atoms with Gasteiger partial charge in [-0.25, -0.2) is 9.78 Å². The van der Waals surface area contributed by atoms with Crippen LogP contribution in [0.15, 0.2) is 45.7 Å². The van der Waals surface area contributed by atoms with Crippen molar-refractivity contribution in [2.45, 2.75) is 39.5 Å². The summed E-state index contributed by atoms with van der Waals surface area (Å²) in [5.41, 5.74) is 1.77. The fourth-order valence-corrected chi connectivity index (χ4v) is 3.95. The van der Waals surface area contributed by atoms with Gasteiger partial charge >= 0.3 is 17.8 Å². The molecule has 0 spiro atoms. The van der Waals surface area contributed by atoms with Crippen LogP contribution in [-0.4, -0.2) is 24.0 Å². The summed E-state index contributed by atoms with van der Waals surface area (Å²) in [6.07, 6.45) is -2.61. The van der Waals surface area contributed by atoms with Crippen molar-refractivity contribution in [1.82, 2.24) is 4.98 Å². The third-order valence-electron chi connectivity index (χ3n) is 6.04. The number of carbonyl (C=O) groups excluding carboxylic acids is 1. The molecule has 1 aromatic carbocycles. The third-order valence-corrected chi connectivity index (χ3v) is 6.04. The highest BCUT2D eigenvalue weighted by molar-refractivity contribution is 5.82. The van der Waals surface area contributed by atoms with Crippen molar-refractivity contribution >= 4 is 22.8 Å². The molecule has 174 valence electrons. The molecule has 33 heavy (non-hydrogen) atoms. The number of pyridine rings is 1. The van der Waals surface area contributed by atoms with Crippen LogP contribution in [0.4, 0.5) is 19.0 Å². The summed E-state index contributed by atoms with van der Waals surface area (Å²) < 4.78 is 48.9. The normalized spacial score (nSPS) is 15.1. The number of hydrogen-bond donors (Lipinski definition) is 0. The molecule has 0 saturated carbocycles. The second kappa shape index (κ2) is 8.88. The molecule has 3 heterocycles. The van der Waals surface area contributed by atoms with Gasteiger partial charge in [0.1, 0.15) is 18.0 Å². The smallest absolute Gasteiger partial charge is 0.417 e. The number of halogens is 3. The topological polar surface area (TPSA) is 72.6 Å². The van der Waals surface area contributed by atoms with Crippen LogP contribution in [0.5, 0.6) is 0 Å². The molecule has 6 nitrogen and oxygen atoms in total. The number of aryl methyl sites for hydroxylation is 2. The highest BCUT2D eigenvalue weighted by Crippen LogP contribution is 2.30. The third kappa shape index (κ3) is 5.02. The van der Waals surface area contributed by atoms with E-state index in [1.807, 2.05) is 24.8 Å². The quantitative estimate of drug-likeness (QED) is 0.412. The van der Waals surface area contributed by atoms with Crippen LogP contribution in [0, 0.1) is 19.8 Å². The van der Waals surface area contributed by atoms with E-state index in [4.69, 9.17) is 9.15 Å². The molecule has 0 aliphatic carbocycles. The monoisotopic (exact) mass is 460 g/mol. The van der Waals surface area contributed by atoms with Crippen molar-refractivity contribution in [3.8, 4) is 0 Å². The Morgan fingerprint density at radius 3 is 2.48 bits per heavy atom. The van der Waals surface area contributed by atoms with Crippen LogP contribution in [0.25, 0.3) is 11.0 Å². The molecule has 3 aromatic rings. The summed E-state index contributed by atoms with van der Waals surface area (Å²) in [5, 5.41) is 0.730. The van der Waals surface area contributed by atoms with E-state index in [1.165, 1.54) is 12.1 Å². The standard InChI is InChI=1S/C24H23F3N2O4/c1-14-9-19-17(11-22(30)33-20(19)10-15(14)2)13-32-23(31)16-5-7-29(8-6-16)21-4-3-18(12-28-21)24(25,26)27/h3-4,9-12,16H,5-8,13H2,1-2H3. The Morgan fingerprint density at radius 1 is 1.15 bits per heavy atom. The molecule has 1 fully saturated rings. The first kappa shape index (κ1) is 22.8. The maximum atomic E-state index is 12.7. The van der Waals surface area contributed by atoms with Crippen LogP contribution < -0.4 is 10.5 Å². The first-order valence-electron chi connectivity index (χ1n) is 10.6. The lowest BCUT2D eigenvalue weighted by atomic mass is 9.97. The SMILES string of the molecule is Cc1cc2oc(=O)cc(COC(=O)C3CCN(c4ccc(C(F)(F)F)cn4)CC3)c2cc1C. The average molecular weight is 460 g/mol. The number of fused-ring (bicyclic) bond motifs is 1. The van der Waals surface area contributed by atoms with Crippen LogP contribution in [0.2, 0.25) is 0 Å². The molecule has 1 aliphatic heterocycles. The molecule has 1 aliphatic rings. The van der Waals surface area contributed by atoms with E-state index in [1.54, 1.807) is 6.07 Å². The summed E-state index contributed by atoms with van der Waals surface area (Å²) in [5.74, 6) is -0.241. The number of hydrogen-bond acceptors (Lipinski definition) is 6. The van der Waals surface area contributed by atoms with Crippen molar-refractivity contribution in [2.75, 3.05) is 18.0 Å². The van der Waals surface area contributed by atoms with Crippen LogP contribution in [-0.2, 0) is 22.3 Å². The zero-order valence-corrected chi connectivity index (χ0v) is 18.2. The molecule has 0 atom stereocenters. The summed E-state index contributed by atoms with van der Waals surface area (Å²) in [4.78, 5) is 30.3. The zero-order valence-electron chi connectivity index (χ0n) is 18.2. The number of piperidine rings is 1. The maximum absolute atomic E-state index is 12.7. The lowest BCUT2D eigenvalue weighted by Crippen LogP contribution is -2.37. The number of esters is 1. The van der Waals surface area contributed by atoms with E-state index in [0.29, 0.717) is 42.9 Å². The minimum Gasteiger partial charge on any atom is -0.461 e. The highest BCUT2D eigenvalue weighted by Gasteiger charge is 2.31. The Kier molecular flexibility index (Phi) is 6.14. The second-order valence-electron chi connectivity index (χ2n) is 8.30. The molecular formula is C24H23F3N2O4. The van der Waals surface area contributed by atoms with Crippen molar-refractivity contribution in [3.63, 3.8) is 0 Å². The Morgan fingerprint density at radius 2 is 1.85 bits per heavy atom. The predicted molar refractivity (Wildman–Crippen MR) is 116 cm³/mol. The van der Waals surface area contributed by atoms with Gasteiger partial charge in [0.2, 0.25) is 0 Å². The number of aromatic nitrogens is 1. The molecular weight excluding hydrogens is 437 g/mol. The van der Waals surface area contributed by atoms with E-state index < -0.39 is 17.4 Å². The van der Waals surface area contributed by atoms with Gasteiger partial charge in [0.15, 0.2) is 0 Å². The van der Waals surface area contributed by atoms with Gasteiger partial charge in [-0.15, -0.1) is 0 Å². The summed E-state index contributed by atoms with van der Waals surface area (Å²) in [7, 11) is 0. The van der Waals surface area contributed by atoms with E-state index in [9.17, 15) is 22.8 Å². The molecule has 0 bridgehead atoms. The van der Waals surface area contributed by atoms with Crippen molar-refractivity contribution < 1.29 is 27.1 Å². The Balaban J connectivity index is 1.37. The lowest BCUT2D eigenvalue weighted by molar-refractivity contribution is -0.150. The summed E-state index contributed by atoms with van der Waals surface area (Å²) >= 11 is 0. The minimum atomic E-state index is -4.43. The number of ether oxygens (including phenoxy) is 1. The van der Waals surface area contributed by atoms with Gasteiger partial charge in [0, 0.05) is 36.3 Å².